The molecule has 0 heterocycles. The van der Waals surface area contributed by atoms with Crippen molar-refractivity contribution in [2.24, 2.45) is 11.7 Å². The molecule has 1 unspecified atom stereocenters. The summed E-state index contributed by atoms with van der Waals surface area (Å²) in [6.45, 7) is 5.13. The van der Waals surface area contributed by atoms with Crippen LogP contribution in [0.5, 0.6) is 0 Å². The molecule has 1 atom stereocenters. The first-order chi connectivity index (χ1) is 7.13. The van der Waals surface area contributed by atoms with Gasteiger partial charge in [0.15, 0.2) is 0 Å². The summed E-state index contributed by atoms with van der Waals surface area (Å²) < 4.78 is 0. The van der Waals surface area contributed by atoms with Crippen LogP contribution in [0.3, 0.4) is 0 Å². The molecule has 0 saturated carbocycles. The lowest BCUT2D eigenvalue weighted by Crippen LogP contribution is -2.10. The van der Waals surface area contributed by atoms with Gasteiger partial charge in [-0.15, -0.1) is 0 Å². The fourth-order valence-electron chi connectivity index (χ4n) is 1.29. The highest BCUT2D eigenvalue weighted by atomic mass is 35.5. The normalized spacial score (nSPS) is 13.1. The third-order valence-electron chi connectivity index (χ3n) is 2.09. The van der Waals surface area contributed by atoms with Crippen molar-refractivity contribution < 1.29 is 0 Å². The largest absolute Gasteiger partial charge is 0.329 e. The van der Waals surface area contributed by atoms with Crippen molar-refractivity contribution in [3.8, 4) is 0 Å². The van der Waals surface area contributed by atoms with Crippen molar-refractivity contribution in [3.63, 3.8) is 0 Å². The van der Waals surface area contributed by atoms with Crippen LogP contribution in [0.15, 0.2) is 24.3 Å². The van der Waals surface area contributed by atoms with E-state index in [1.165, 1.54) is 5.56 Å². The summed E-state index contributed by atoms with van der Waals surface area (Å²) in [7, 11) is 0. The maximum atomic E-state index is 5.85. The van der Waals surface area contributed by atoms with E-state index in [2.05, 4.69) is 26.0 Å². The van der Waals surface area contributed by atoms with Gasteiger partial charge in [-0.05, 0) is 29.4 Å². The molecule has 0 aliphatic heterocycles. The van der Waals surface area contributed by atoms with Gasteiger partial charge in [0.1, 0.15) is 0 Å². The first-order valence-corrected chi connectivity index (χ1v) is 6.63. The van der Waals surface area contributed by atoms with Crippen LogP contribution in [0.25, 0.3) is 0 Å². The van der Waals surface area contributed by atoms with E-state index in [0.29, 0.717) is 17.7 Å². The highest BCUT2D eigenvalue weighted by Crippen LogP contribution is 2.29. The van der Waals surface area contributed by atoms with Gasteiger partial charge in [0.05, 0.1) is 0 Å². The Morgan fingerprint density at radius 2 is 1.87 bits per heavy atom. The summed E-state index contributed by atoms with van der Waals surface area (Å²) in [5, 5.41) is 1.17. The third kappa shape index (κ3) is 4.45. The average molecular weight is 244 g/mol. The van der Waals surface area contributed by atoms with E-state index in [-0.39, 0.29) is 0 Å². The Kier molecular flexibility index (Phi) is 5.51. The van der Waals surface area contributed by atoms with E-state index in [9.17, 15) is 0 Å². The third-order valence-corrected chi connectivity index (χ3v) is 4.06. The van der Waals surface area contributed by atoms with Gasteiger partial charge in [-0.1, -0.05) is 37.6 Å². The first-order valence-electron chi connectivity index (χ1n) is 5.20. The van der Waals surface area contributed by atoms with Gasteiger partial charge in [0, 0.05) is 16.8 Å². The van der Waals surface area contributed by atoms with Crippen LogP contribution in [0, 0.1) is 5.92 Å². The molecular weight excluding hydrogens is 226 g/mol. The van der Waals surface area contributed by atoms with Crippen molar-refractivity contribution in [1.29, 1.82) is 0 Å². The van der Waals surface area contributed by atoms with Crippen LogP contribution in [-0.2, 0) is 0 Å². The van der Waals surface area contributed by atoms with Gasteiger partial charge in [0.25, 0.3) is 0 Å². The summed E-state index contributed by atoms with van der Waals surface area (Å²) in [6, 6.07) is 7.98. The Bertz CT molecular complexity index is 284. The number of thioether (sulfide) groups is 1. The predicted octanol–water partition coefficient (Wildman–Crippen LogP) is 3.73. The van der Waals surface area contributed by atoms with E-state index >= 15 is 0 Å². The monoisotopic (exact) mass is 243 g/mol. The zero-order valence-corrected chi connectivity index (χ0v) is 10.8. The Morgan fingerprint density at radius 1 is 1.27 bits per heavy atom. The lowest BCUT2D eigenvalue weighted by Gasteiger charge is -2.16. The number of hydrogen-bond acceptors (Lipinski definition) is 2. The van der Waals surface area contributed by atoms with E-state index in [1.807, 2.05) is 23.9 Å². The van der Waals surface area contributed by atoms with Gasteiger partial charge in [0.2, 0.25) is 0 Å². The highest BCUT2D eigenvalue weighted by Gasteiger charge is 2.10. The molecule has 0 fully saturated rings. The van der Waals surface area contributed by atoms with E-state index in [1.54, 1.807) is 0 Å². The van der Waals surface area contributed by atoms with Crippen molar-refractivity contribution in [2.75, 3.05) is 12.3 Å². The Hall–Kier alpha value is -0.180. The predicted molar refractivity (Wildman–Crippen MR) is 70.5 cm³/mol. The summed E-state index contributed by atoms with van der Waals surface area (Å²) in [4.78, 5) is 0. The van der Waals surface area contributed by atoms with Crippen LogP contribution in [0.4, 0.5) is 0 Å². The Labute approximate surface area is 101 Å². The van der Waals surface area contributed by atoms with E-state index < -0.39 is 0 Å². The summed E-state index contributed by atoms with van der Waals surface area (Å²) in [5.41, 5.74) is 7.05. The number of hydrogen-bond donors (Lipinski definition) is 1. The first kappa shape index (κ1) is 12.9. The molecule has 1 rings (SSSR count). The van der Waals surface area contributed by atoms with Crippen LogP contribution < -0.4 is 5.73 Å². The molecule has 0 amide bonds. The Morgan fingerprint density at radius 3 is 2.33 bits per heavy atom. The fraction of sp³-hybridized carbons (Fsp3) is 0.500. The van der Waals surface area contributed by atoms with Gasteiger partial charge < -0.3 is 5.73 Å². The average Bonchev–Trinajstić information content (AvgIpc) is 2.21. The van der Waals surface area contributed by atoms with Gasteiger partial charge in [-0.25, -0.2) is 0 Å². The van der Waals surface area contributed by atoms with Crippen molar-refractivity contribution >= 4 is 23.4 Å². The van der Waals surface area contributed by atoms with Gasteiger partial charge in [-0.2, -0.15) is 11.8 Å². The fourth-order valence-corrected chi connectivity index (χ4v) is 2.52. The number of rotatable bonds is 5. The van der Waals surface area contributed by atoms with E-state index in [4.69, 9.17) is 17.3 Å². The molecule has 1 aromatic carbocycles. The second kappa shape index (κ2) is 6.41. The molecule has 1 aromatic rings. The minimum Gasteiger partial charge on any atom is -0.329 e. The minimum atomic E-state index is 0.393. The molecule has 0 aliphatic carbocycles. The quantitative estimate of drug-likeness (QED) is 0.853. The molecule has 84 valence electrons. The zero-order valence-electron chi connectivity index (χ0n) is 9.24. The van der Waals surface area contributed by atoms with Gasteiger partial charge >= 0.3 is 0 Å². The molecule has 0 aliphatic rings. The van der Waals surface area contributed by atoms with Crippen LogP contribution in [0.1, 0.15) is 24.7 Å². The van der Waals surface area contributed by atoms with Crippen LogP contribution in [-0.4, -0.2) is 12.3 Å². The molecule has 15 heavy (non-hydrogen) atoms. The molecular formula is C12H18ClNS. The van der Waals surface area contributed by atoms with E-state index in [0.717, 1.165) is 10.8 Å². The lowest BCUT2D eigenvalue weighted by atomic mass is 10.1. The molecule has 0 aromatic heterocycles. The zero-order chi connectivity index (χ0) is 11.3. The maximum absolute atomic E-state index is 5.85. The molecule has 0 radical (unpaired) electrons. The topological polar surface area (TPSA) is 26.0 Å². The number of nitrogens with two attached hydrogens (primary N) is 1. The molecule has 3 heteroatoms. The van der Waals surface area contributed by atoms with Gasteiger partial charge in [-0.3, -0.25) is 0 Å². The second-order valence-electron chi connectivity index (χ2n) is 4.00. The van der Waals surface area contributed by atoms with Crippen molar-refractivity contribution in [2.45, 2.75) is 19.1 Å². The molecule has 1 nitrogen and oxygen atoms in total. The number of halogens is 1. The van der Waals surface area contributed by atoms with Crippen LogP contribution in [0.2, 0.25) is 5.02 Å². The summed E-state index contributed by atoms with van der Waals surface area (Å²) in [6.07, 6.45) is 0. The molecule has 2 N–H and O–H groups in total. The lowest BCUT2D eigenvalue weighted by molar-refractivity contribution is 0.746. The number of benzene rings is 1. The summed E-state index contributed by atoms with van der Waals surface area (Å²) in [5.74, 6) is 1.85. The van der Waals surface area contributed by atoms with Crippen LogP contribution >= 0.6 is 23.4 Å². The molecule has 0 saturated heterocycles. The maximum Gasteiger partial charge on any atom is 0.0419 e. The highest BCUT2D eigenvalue weighted by molar-refractivity contribution is 7.99. The molecule has 0 spiro atoms. The minimum absolute atomic E-state index is 0.393. The smallest absolute Gasteiger partial charge is 0.0419 e. The van der Waals surface area contributed by atoms with Crippen molar-refractivity contribution in [1.82, 2.24) is 0 Å². The second-order valence-corrected chi connectivity index (χ2v) is 5.68. The van der Waals surface area contributed by atoms with Crippen molar-refractivity contribution in [3.05, 3.63) is 34.9 Å². The SMILES string of the molecule is CC(C)CSC(CN)c1ccc(Cl)cc1. The standard InChI is InChI=1S/C12H18ClNS/c1-9(2)8-15-12(7-14)10-3-5-11(13)6-4-10/h3-6,9,12H,7-8,14H2,1-2H3. The molecule has 0 bridgehead atoms. The Balaban J connectivity index is 2.61. The summed E-state index contributed by atoms with van der Waals surface area (Å²) >= 11 is 7.77.